The fourth-order valence-corrected chi connectivity index (χ4v) is 2.67. The molecule has 0 atom stereocenters. The summed E-state index contributed by atoms with van der Waals surface area (Å²) in [5.74, 6) is 0. The number of nitrogens with zero attached hydrogens (tertiary/aromatic N) is 3. The summed E-state index contributed by atoms with van der Waals surface area (Å²) in [7, 11) is 1.94. The predicted octanol–water partition coefficient (Wildman–Crippen LogP) is 2.97. The van der Waals surface area contributed by atoms with Crippen molar-refractivity contribution in [1.82, 2.24) is 14.7 Å². The van der Waals surface area contributed by atoms with Crippen molar-refractivity contribution in [2.45, 2.75) is 20.0 Å². The highest BCUT2D eigenvalue weighted by molar-refractivity contribution is 6.31. The monoisotopic (exact) mass is 327 g/mol. The first-order valence-corrected chi connectivity index (χ1v) is 7.53. The third kappa shape index (κ3) is 3.98. The summed E-state index contributed by atoms with van der Waals surface area (Å²) in [5.41, 5.74) is 2.87. The topological polar surface area (TPSA) is 41.3 Å². The van der Waals surface area contributed by atoms with Gasteiger partial charge in [0.1, 0.15) is 5.15 Å². The molecule has 4 nitrogen and oxygen atoms in total. The molecule has 6 heteroatoms. The minimum atomic E-state index is 0.126. The van der Waals surface area contributed by atoms with Gasteiger partial charge in [0.05, 0.1) is 18.8 Å². The summed E-state index contributed by atoms with van der Waals surface area (Å²) in [6, 6.07) is 7.67. The van der Waals surface area contributed by atoms with E-state index in [4.69, 9.17) is 28.3 Å². The molecule has 114 valence electrons. The van der Waals surface area contributed by atoms with Gasteiger partial charge >= 0.3 is 0 Å². The van der Waals surface area contributed by atoms with E-state index < -0.39 is 0 Å². The Morgan fingerprint density at radius 3 is 2.67 bits per heavy atom. The van der Waals surface area contributed by atoms with Gasteiger partial charge in [0.15, 0.2) is 0 Å². The molecular weight excluding hydrogens is 309 g/mol. The van der Waals surface area contributed by atoms with Crippen LogP contribution in [-0.2, 0) is 13.1 Å². The van der Waals surface area contributed by atoms with Gasteiger partial charge in [-0.25, -0.2) is 4.68 Å². The molecule has 0 saturated carbocycles. The van der Waals surface area contributed by atoms with Crippen LogP contribution >= 0.6 is 23.2 Å². The number of likely N-dealkylation sites (N-methyl/N-ethyl adjacent to an activating group) is 1. The number of halogens is 2. The molecule has 1 heterocycles. The summed E-state index contributed by atoms with van der Waals surface area (Å²) in [6.07, 6.45) is 0. The quantitative estimate of drug-likeness (QED) is 0.886. The molecule has 21 heavy (non-hydrogen) atoms. The van der Waals surface area contributed by atoms with Crippen LogP contribution in [0.1, 0.15) is 16.8 Å². The first-order valence-electron chi connectivity index (χ1n) is 6.77. The molecule has 0 aliphatic rings. The lowest BCUT2D eigenvalue weighted by Crippen LogP contribution is -2.21. The number of aliphatic hydroxyl groups excluding tert-OH is 1. The van der Waals surface area contributed by atoms with Crippen LogP contribution < -0.4 is 0 Å². The average molecular weight is 328 g/mol. The molecule has 2 aromatic rings. The maximum Gasteiger partial charge on any atom is 0.132 e. The van der Waals surface area contributed by atoms with E-state index >= 15 is 0 Å². The van der Waals surface area contributed by atoms with Gasteiger partial charge in [0.25, 0.3) is 0 Å². The molecule has 0 spiro atoms. The molecule has 0 unspecified atom stereocenters. The second kappa shape index (κ2) is 7.27. The van der Waals surface area contributed by atoms with Crippen molar-refractivity contribution in [2.24, 2.45) is 0 Å². The molecule has 1 aromatic heterocycles. The lowest BCUT2D eigenvalue weighted by Gasteiger charge is -2.14. The van der Waals surface area contributed by atoms with Crippen molar-refractivity contribution in [3.05, 3.63) is 51.3 Å². The minimum Gasteiger partial charge on any atom is -0.395 e. The van der Waals surface area contributed by atoms with Gasteiger partial charge in [0, 0.05) is 23.7 Å². The number of aromatic nitrogens is 2. The number of hydrogen-bond donors (Lipinski definition) is 1. The average Bonchev–Trinajstić information content (AvgIpc) is 2.69. The van der Waals surface area contributed by atoms with Crippen molar-refractivity contribution >= 4 is 23.2 Å². The van der Waals surface area contributed by atoms with E-state index in [1.54, 1.807) is 4.68 Å². The summed E-state index contributed by atoms with van der Waals surface area (Å²) in [5, 5.41) is 14.8. The fraction of sp³-hybridized carbons (Fsp3) is 0.400. The zero-order valence-electron chi connectivity index (χ0n) is 12.2. The second-order valence-corrected chi connectivity index (χ2v) is 5.83. The van der Waals surface area contributed by atoms with Crippen LogP contribution in [0.2, 0.25) is 10.2 Å². The van der Waals surface area contributed by atoms with Crippen molar-refractivity contribution in [1.29, 1.82) is 0 Å². The van der Waals surface area contributed by atoms with Gasteiger partial charge in [-0.05, 0) is 25.6 Å². The standard InChI is InChI=1S/C15H19Cl2N3O/c1-11-13(10-19(2)7-8-21)15(17)20(18-11)9-12-5-3-4-6-14(12)16/h3-6,21H,7-10H2,1-2H3. The zero-order chi connectivity index (χ0) is 15.4. The van der Waals surface area contributed by atoms with Crippen LogP contribution in [0.25, 0.3) is 0 Å². The molecular formula is C15H19Cl2N3O. The Bertz CT molecular complexity index is 613. The van der Waals surface area contributed by atoms with Crippen LogP contribution in [0.3, 0.4) is 0 Å². The Balaban J connectivity index is 2.21. The lowest BCUT2D eigenvalue weighted by atomic mass is 10.2. The SMILES string of the molecule is Cc1nn(Cc2ccccc2Cl)c(Cl)c1CN(C)CCO. The fourth-order valence-electron chi connectivity index (χ4n) is 2.18. The largest absolute Gasteiger partial charge is 0.395 e. The van der Waals surface area contributed by atoms with Gasteiger partial charge in [-0.1, -0.05) is 41.4 Å². The van der Waals surface area contributed by atoms with Crippen LogP contribution in [0.4, 0.5) is 0 Å². The number of aryl methyl sites for hydroxylation is 1. The van der Waals surface area contributed by atoms with E-state index in [0.29, 0.717) is 29.8 Å². The molecule has 0 radical (unpaired) electrons. The Kier molecular flexibility index (Phi) is 5.65. The first-order chi connectivity index (χ1) is 10.0. The van der Waals surface area contributed by atoms with Crippen LogP contribution in [0.15, 0.2) is 24.3 Å². The third-order valence-corrected chi connectivity index (χ3v) is 4.16. The van der Waals surface area contributed by atoms with Crippen molar-refractivity contribution in [3.8, 4) is 0 Å². The minimum absolute atomic E-state index is 0.126. The smallest absolute Gasteiger partial charge is 0.132 e. The van der Waals surface area contributed by atoms with Gasteiger partial charge in [-0.2, -0.15) is 5.10 Å². The van der Waals surface area contributed by atoms with Crippen LogP contribution in [0.5, 0.6) is 0 Å². The summed E-state index contributed by atoms with van der Waals surface area (Å²) in [4.78, 5) is 2.01. The van der Waals surface area contributed by atoms with E-state index in [1.165, 1.54) is 0 Å². The Hall–Kier alpha value is -1.07. The highest BCUT2D eigenvalue weighted by Crippen LogP contribution is 2.24. The predicted molar refractivity (Wildman–Crippen MR) is 85.9 cm³/mol. The number of benzene rings is 1. The Morgan fingerprint density at radius 2 is 2.00 bits per heavy atom. The van der Waals surface area contributed by atoms with E-state index in [9.17, 15) is 0 Å². The number of hydrogen-bond acceptors (Lipinski definition) is 3. The van der Waals surface area contributed by atoms with Gasteiger partial charge < -0.3 is 5.11 Å². The normalized spacial score (nSPS) is 11.3. The summed E-state index contributed by atoms with van der Waals surface area (Å²) >= 11 is 12.6. The van der Waals surface area contributed by atoms with E-state index in [0.717, 1.165) is 16.8 Å². The first kappa shape index (κ1) is 16.3. The highest BCUT2D eigenvalue weighted by atomic mass is 35.5. The van der Waals surface area contributed by atoms with Crippen LogP contribution in [-0.4, -0.2) is 40.0 Å². The maximum absolute atomic E-state index is 8.97. The summed E-state index contributed by atoms with van der Waals surface area (Å²) in [6.45, 7) is 3.88. The number of aliphatic hydroxyl groups is 1. The molecule has 2 rings (SSSR count). The molecule has 0 amide bonds. The molecule has 0 aliphatic heterocycles. The molecule has 0 saturated heterocycles. The van der Waals surface area contributed by atoms with Crippen molar-refractivity contribution in [2.75, 3.05) is 20.2 Å². The van der Waals surface area contributed by atoms with Crippen molar-refractivity contribution in [3.63, 3.8) is 0 Å². The highest BCUT2D eigenvalue weighted by Gasteiger charge is 2.15. The Labute approximate surface area is 134 Å². The van der Waals surface area contributed by atoms with Gasteiger partial charge in [-0.15, -0.1) is 0 Å². The molecule has 0 bridgehead atoms. The zero-order valence-corrected chi connectivity index (χ0v) is 13.7. The lowest BCUT2D eigenvalue weighted by molar-refractivity contribution is 0.217. The summed E-state index contributed by atoms with van der Waals surface area (Å²) < 4.78 is 1.76. The van der Waals surface area contributed by atoms with E-state index in [2.05, 4.69) is 5.10 Å². The van der Waals surface area contributed by atoms with E-state index in [1.807, 2.05) is 43.1 Å². The van der Waals surface area contributed by atoms with E-state index in [-0.39, 0.29) is 6.61 Å². The molecule has 1 N–H and O–H groups in total. The van der Waals surface area contributed by atoms with Crippen molar-refractivity contribution < 1.29 is 5.11 Å². The molecule has 0 aliphatic carbocycles. The van der Waals surface area contributed by atoms with Gasteiger partial charge in [-0.3, -0.25) is 4.90 Å². The third-order valence-electron chi connectivity index (χ3n) is 3.37. The molecule has 0 fully saturated rings. The van der Waals surface area contributed by atoms with Gasteiger partial charge in [0.2, 0.25) is 0 Å². The number of rotatable bonds is 6. The van der Waals surface area contributed by atoms with Crippen LogP contribution in [0, 0.1) is 6.92 Å². The second-order valence-electron chi connectivity index (χ2n) is 5.07. The Morgan fingerprint density at radius 1 is 1.29 bits per heavy atom. The molecule has 1 aromatic carbocycles. The maximum atomic E-state index is 8.97.